The molecule has 2 atom stereocenters. The first-order chi connectivity index (χ1) is 38.9. The van der Waals surface area contributed by atoms with Gasteiger partial charge in [-0.25, -0.2) is 19.2 Å². The van der Waals surface area contributed by atoms with Crippen LogP contribution in [0.15, 0.2) is 90.7 Å². The summed E-state index contributed by atoms with van der Waals surface area (Å²) in [5, 5.41) is 0. The summed E-state index contributed by atoms with van der Waals surface area (Å²) in [6.45, 7) is 9.89. The molecular formula is C65H78Br4O12. The van der Waals surface area contributed by atoms with Crippen LogP contribution in [0.4, 0.5) is 0 Å². The molecule has 4 saturated carbocycles. The first-order valence-electron chi connectivity index (χ1n) is 29.0. The number of esters is 4. The van der Waals surface area contributed by atoms with E-state index in [9.17, 15) is 38.4 Å². The van der Waals surface area contributed by atoms with Gasteiger partial charge in [0.15, 0.2) is 0 Å². The number of rotatable bonds is 16. The molecule has 4 aromatic rings. The molecule has 16 heteroatoms. The minimum absolute atomic E-state index is 0.212. The topological polar surface area (TPSA) is 173 Å². The lowest BCUT2D eigenvalue weighted by Gasteiger charge is -2.30. The zero-order valence-corrected chi connectivity index (χ0v) is 53.8. The number of halogens is 4. The van der Waals surface area contributed by atoms with Crippen LogP contribution in [0.5, 0.6) is 0 Å². The molecule has 4 aliphatic rings. The second kappa shape index (κ2) is 34.8. The summed E-state index contributed by atoms with van der Waals surface area (Å²) in [6.07, 6.45) is 23.7. The highest BCUT2D eigenvalue weighted by Crippen LogP contribution is 2.42. The van der Waals surface area contributed by atoms with Crippen LogP contribution in [0.25, 0.3) is 0 Å². The average Bonchev–Trinajstić information content (AvgIpc) is 4.02. The number of Topliss-reactive ketones (excluding diaryl/α,β-unsaturated/α-hetero) is 4. The number of ether oxygens (including phenoxy) is 4. The van der Waals surface area contributed by atoms with Crippen molar-refractivity contribution in [3.63, 3.8) is 0 Å². The average molecular weight is 1370 g/mol. The largest absolute Gasteiger partial charge is 0.460 e. The molecule has 0 bridgehead atoms. The molecule has 0 aliphatic heterocycles. The third-order valence-corrected chi connectivity index (χ3v) is 18.3. The molecule has 2 unspecified atom stereocenters. The maximum absolute atomic E-state index is 11.9. The van der Waals surface area contributed by atoms with Gasteiger partial charge < -0.3 is 18.9 Å². The van der Waals surface area contributed by atoms with Crippen molar-refractivity contribution in [3.8, 4) is 0 Å². The van der Waals surface area contributed by atoms with Gasteiger partial charge in [-0.1, -0.05) is 196 Å². The number of ketones is 4. The van der Waals surface area contributed by atoms with Crippen LogP contribution >= 0.6 is 63.7 Å². The van der Waals surface area contributed by atoms with Crippen LogP contribution in [0, 0.1) is 5.92 Å². The summed E-state index contributed by atoms with van der Waals surface area (Å²) in [5.41, 5.74) is 6.50. The minimum Gasteiger partial charge on any atom is -0.460 e. The zero-order chi connectivity index (χ0) is 59.0. The summed E-state index contributed by atoms with van der Waals surface area (Å²) in [7, 11) is 0. The number of carbonyl (C=O) groups excluding carboxylic acids is 8. The van der Waals surface area contributed by atoms with E-state index in [0.717, 1.165) is 17.9 Å². The standard InChI is InChI=1S/2C17H21BrO3.C16H19BrO3.C15H17BrO3/c1-3-21-17(20)16(19)12-8-9-14(15(18)10-12)13-7-5-4-6-11(13)2;1-2-21-17(20)16(19)13-9-10-14(15(18)11-13)12-7-5-3-4-6-8-12;1-2-20-16(19)15(18)12-8-9-13(14(17)10-12)11-6-4-3-5-7-11;1-2-19-15(18)14(17)11-7-8-12(13(16)9-11)10-5-3-4-6-10/h8-11,13H,3-7H2,1-2H3;9-12H,2-8H2,1H3;8-11H,2-7H2,1H3;7-10H,2-6H2,1H3. The number of hydrogen-bond donors (Lipinski definition) is 0. The molecule has 4 fully saturated rings. The highest BCUT2D eigenvalue weighted by molar-refractivity contribution is 9.11. The Bertz CT molecular complexity index is 2810. The molecule has 4 aromatic carbocycles. The van der Waals surface area contributed by atoms with Crippen molar-refractivity contribution in [1.29, 1.82) is 0 Å². The van der Waals surface area contributed by atoms with Gasteiger partial charge in [0.05, 0.1) is 26.4 Å². The molecular weight excluding hydrogens is 1290 g/mol. The maximum Gasteiger partial charge on any atom is 0.379 e. The molecule has 0 N–H and O–H groups in total. The van der Waals surface area contributed by atoms with Crippen LogP contribution in [-0.4, -0.2) is 73.4 Å². The summed E-state index contributed by atoms with van der Waals surface area (Å²) >= 11 is 14.2. The van der Waals surface area contributed by atoms with Crippen LogP contribution in [0.3, 0.4) is 0 Å². The Hall–Kier alpha value is -4.64. The number of hydrogen-bond acceptors (Lipinski definition) is 12. The first-order valence-corrected chi connectivity index (χ1v) is 32.1. The predicted molar refractivity (Wildman–Crippen MR) is 328 cm³/mol. The molecule has 438 valence electrons. The first kappa shape index (κ1) is 67.2. The predicted octanol–water partition coefficient (Wildman–Crippen LogP) is 17.2. The Morgan fingerprint density at radius 2 is 0.580 bits per heavy atom. The fourth-order valence-electron chi connectivity index (χ4n) is 11.2. The van der Waals surface area contributed by atoms with E-state index >= 15 is 0 Å². The highest BCUT2D eigenvalue weighted by atomic mass is 79.9. The zero-order valence-electron chi connectivity index (χ0n) is 47.5. The van der Waals surface area contributed by atoms with Crippen molar-refractivity contribution in [2.75, 3.05) is 26.4 Å². The SMILES string of the molecule is CCOC(=O)C(=O)c1ccc(C2CCCC2)c(Br)c1.CCOC(=O)C(=O)c1ccc(C2CCCCC2)c(Br)c1.CCOC(=O)C(=O)c1ccc(C2CCCCC2C)c(Br)c1.CCOC(=O)C(=O)c1ccc(C2CCCCCC2)c(Br)c1. The molecule has 12 nitrogen and oxygen atoms in total. The fraction of sp³-hybridized carbons (Fsp3) is 0.508. The molecule has 0 amide bonds. The smallest absolute Gasteiger partial charge is 0.379 e. The van der Waals surface area contributed by atoms with Crippen LogP contribution in [0.1, 0.15) is 244 Å². The summed E-state index contributed by atoms with van der Waals surface area (Å²) in [6, 6.07) is 21.8. The van der Waals surface area contributed by atoms with Gasteiger partial charge in [0, 0.05) is 40.1 Å². The van der Waals surface area contributed by atoms with Gasteiger partial charge in [-0.3, -0.25) is 19.2 Å². The Balaban J connectivity index is 0.000000198. The highest BCUT2D eigenvalue weighted by Gasteiger charge is 2.28. The van der Waals surface area contributed by atoms with Gasteiger partial charge >= 0.3 is 23.9 Å². The normalized spacial score (nSPS) is 17.4. The van der Waals surface area contributed by atoms with Crippen molar-refractivity contribution in [2.24, 2.45) is 5.92 Å². The van der Waals surface area contributed by atoms with Crippen molar-refractivity contribution in [1.82, 2.24) is 0 Å². The Labute approximate surface area is 512 Å². The second-order valence-corrected chi connectivity index (χ2v) is 24.4. The van der Waals surface area contributed by atoms with Gasteiger partial charge in [-0.2, -0.15) is 0 Å². The van der Waals surface area contributed by atoms with E-state index in [0.29, 0.717) is 51.8 Å². The molecule has 8 rings (SSSR count). The number of carbonyl (C=O) groups is 8. The van der Waals surface area contributed by atoms with Crippen molar-refractivity contribution in [2.45, 2.75) is 180 Å². The maximum atomic E-state index is 11.9. The van der Waals surface area contributed by atoms with E-state index < -0.39 is 47.0 Å². The lowest BCUT2D eigenvalue weighted by molar-refractivity contribution is -0.138. The van der Waals surface area contributed by atoms with E-state index in [-0.39, 0.29) is 26.4 Å². The van der Waals surface area contributed by atoms with Gasteiger partial charge in [0.25, 0.3) is 23.1 Å². The molecule has 4 aliphatic carbocycles. The van der Waals surface area contributed by atoms with Crippen LogP contribution < -0.4 is 0 Å². The minimum atomic E-state index is -0.789. The van der Waals surface area contributed by atoms with Gasteiger partial charge in [-0.05, 0) is 149 Å². The summed E-state index contributed by atoms with van der Waals surface area (Å²) in [4.78, 5) is 93.4. The van der Waals surface area contributed by atoms with E-state index in [1.807, 2.05) is 24.3 Å². The second-order valence-electron chi connectivity index (χ2n) is 21.0. The van der Waals surface area contributed by atoms with Crippen LogP contribution in [-0.2, 0) is 38.1 Å². The van der Waals surface area contributed by atoms with Gasteiger partial charge in [0.2, 0.25) is 0 Å². The molecule has 0 saturated heterocycles. The fourth-order valence-corrected chi connectivity index (χ4v) is 14.0. The Morgan fingerprint density at radius 3 is 0.840 bits per heavy atom. The monoisotopic (exact) mass is 1370 g/mol. The molecule has 81 heavy (non-hydrogen) atoms. The lowest BCUT2D eigenvalue weighted by Crippen LogP contribution is -2.18. The quantitative estimate of drug-likeness (QED) is 0.0342. The van der Waals surface area contributed by atoms with Gasteiger partial charge in [-0.15, -0.1) is 0 Å². The molecule has 0 heterocycles. The Kier molecular flexibility index (Phi) is 28.9. The molecule has 0 radical (unpaired) electrons. The van der Waals surface area contributed by atoms with Crippen molar-refractivity contribution in [3.05, 3.63) is 135 Å². The van der Waals surface area contributed by atoms with E-state index in [1.165, 1.54) is 144 Å². The number of benzene rings is 4. The third-order valence-electron chi connectivity index (χ3n) is 15.5. The van der Waals surface area contributed by atoms with E-state index in [4.69, 9.17) is 18.9 Å². The third kappa shape index (κ3) is 20.0. The Morgan fingerprint density at radius 1 is 0.346 bits per heavy atom. The summed E-state index contributed by atoms with van der Waals surface area (Å²) < 4.78 is 22.6. The van der Waals surface area contributed by atoms with Crippen LogP contribution in [0.2, 0.25) is 0 Å². The molecule has 0 aromatic heterocycles. The van der Waals surface area contributed by atoms with E-state index in [2.05, 4.69) is 70.6 Å². The van der Waals surface area contributed by atoms with Gasteiger partial charge in [0.1, 0.15) is 0 Å². The van der Waals surface area contributed by atoms with Crippen molar-refractivity contribution >= 4 is 111 Å². The lowest BCUT2D eigenvalue weighted by atomic mass is 9.76. The van der Waals surface area contributed by atoms with E-state index in [1.54, 1.807) is 76.2 Å². The van der Waals surface area contributed by atoms with Crippen molar-refractivity contribution < 1.29 is 57.3 Å². The summed E-state index contributed by atoms with van der Waals surface area (Å²) in [5.74, 6) is -2.61. The molecule has 0 spiro atoms.